The Morgan fingerprint density at radius 2 is 1.81 bits per heavy atom. The van der Waals surface area contributed by atoms with Crippen molar-refractivity contribution < 1.29 is 9.18 Å². The van der Waals surface area contributed by atoms with Crippen molar-refractivity contribution in [2.24, 2.45) is 0 Å². The number of aromatic amines is 1. The van der Waals surface area contributed by atoms with Crippen molar-refractivity contribution in [1.29, 1.82) is 0 Å². The van der Waals surface area contributed by atoms with E-state index in [0.717, 1.165) is 35.0 Å². The lowest BCUT2D eigenvalue weighted by atomic mass is 10.0. The fraction of sp³-hybridized carbons (Fsp3) is 0.318. The standard InChI is InChI=1S/C22H25FN2O/c1-4-5-16-7-9-17(10-8-16)22(26)24-13-12-18-15(3)25-21-19(23)11-6-14(2)20(18)21/h6-11,25H,4-5,12-13H2,1-3H3,(H,24,26). The van der Waals surface area contributed by atoms with E-state index in [2.05, 4.69) is 17.2 Å². The summed E-state index contributed by atoms with van der Waals surface area (Å²) in [4.78, 5) is 15.5. The molecule has 1 heterocycles. The van der Waals surface area contributed by atoms with Gasteiger partial charge in [-0.05, 0) is 61.6 Å². The van der Waals surface area contributed by atoms with Crippen LogP contribution < -0.4 is 5.32 Å². The van der Waals surface area contributed by atoms with E-state index >= 15 is 0 Å². The van der Waals surface area contributed by atoms with E-state index in [0.29, 0.717) is 24.0 Å². The lowest BCUT2D eigenvalue weighted by Crippen LogP contribution is -2.25. The Bertz CT molecular complexity index is 925. The second-order valence-electron chi connectivity index (χ2n) is 6.80. The summed E-state index contributed by atoms with van der Waals surface area (Å²) in [5.74, 6) is -0.315. The highest BCUT2D eigenvalue weighted by atomic mass is 19.1. The molecule has 0 saturated carbocycles. The van der Waals surface area contributed by atoms with Gasteiger partial charge >= 0.3 is 0 Å². The minimum atomic E-state index is -0.240. The topological polar surface area (TPSA) is 44.9 Å². The van der Waals surface area contributed by atoms with E-state index in [1.165, 1.54) is 11.6 Å². The molecule has 0 atom stereocenters. The molecule has 0 bridgehead atoms. The molecule has 0 fully saturated rings. The number of rotatable bonds is 6. The SMILES string of the molecule is CCCc1ccc(C(=O)NCCc2c(C)[nH]c3c(F)ccc(C)c23)cc1. The van der Waals surface area contributed by atoms with Crippen LogP contribution in [-0.4, -0.2) is 17.4 Å². The third-order valence-electron chi connectivity index (χ3n) is 4.85. The van der Waals surface area contributed by atoms with Crippen LogP contribution in [0.5, 0.6) is 0 Å². The van der Waals surface area contributed by atoms with E-state index in [1.807, 2.05) is 38.1 Å². The van der Waals surface area contributed by atoms with Gasteiger partial charge in [0.15, 0.2) is 0 Å². The number of fused-ring (bicyclic) bond motifs is 1. The van der Waals surface area contributed by atoms with E-state index in [-0.39, 0.29) is 11.7 Å². The van der Waals surface area contributed by atoms with Gasteiger partial charge in [-0.3, -0.25) is 4.79 Å². The number of carbonyl (C=O) groups excluding carboxylic acids is 1. The van der Waals surface area contributed by atoms with Crippen LogP contribution in [0.15, 0.2) is 36.4 Å². The van der Waals surface area contributed by atoms with Gasteiger partial charge in [-0.2, -0.15) is 0 Å². The van der Waals surface area contributed by atoms with Gasteiger partial charge in [-0.15, -0.1) is 0 Å². The maximum absolute atomic E-state index is 14.0. The van der Waals surface area contributed by atoms with Crippen LogP contribution in [0.1, 0.15) is 46.1 Å². The van der Waals surface area contributed by atoms with Crippen LogP contribution in [0, 0.1) is 19.7 Å². The van der Waals surface area contributed by atoms with Gasteiger partial charge in [0.1, 0.15) is 5.82 Å². The molecule has 4 heteroatoms. The number of aromatic nitrogens is 1. The largest absolute Gasteiger partial charge is 0.356 e. The molecule has 2 N–H and O–H groups in total. The van der Waals surface area contributed by atoms with E-state index in [1.54, 1.807) is 6.07 Å². The van der Waals surface area contributed by atoms with Gasteiger partial charge in [0.25, 0.3) is 5.91 Å². The number of H-pyrrole nitrogens is 1. The van der Waals surface area contributed by atoms with Gasteiger partial charge in [-0.25, -0.2) is 4.39 Å². The molecule has 1 amide bonds. The normalized spacial score (nSPS) is 11.1. The van der Waals surface area contributed by atoms with Crippen LogP contribution in [0.25, 0.3) is 10.9 Å². The number of hydrogen-bond acceptors (Lipinski definition) is 1. The summed E-state index contributed by atoms with van der Waals surface area (Å²) in [5.41, 5.74) is 5.52. The molecular formula is C22H25FN2O. The lowest BCUT2D eigenvalue weighted by Gasteiger charge is -2.08. The van der Waals surface area contributed by atoms with E-state index in [4.69, 9.17) is 0 Å². The van der Waals surface area contributed by atoms with Crippen molar-refractivity contribution in [2.45, 2.75) is 40.0 Å². The Labute approximate surface area is 153 Å². The number of amides is 1. The molecular weight excluding hydrogens is 327 g/mol. The average Bonchev–Trinajstić information content (AvgIpc) is 2.97. The summed E-state index contributed by atoms with van der Waals surface area (Å²) >= 11 is 0. The molecule has 26 heavy (non-hydrogen) atoms. The molecule has 0 aliphatic carbocycles. The molecule has 3 aromatic rings. The monoisotopic (exact) mass is 352 g/mol. The summed E-state index contributed by atoms with van der Waals surface area (Å²) in [6.45, 7) is 6.58. The predicted molar refractivity (Wildman–Crippen MR) is 104 cm³/mol. The zero-order valence-corrected chi connectivity index (χ0v) is 15.6. The quantitative estimate of drug-likeness (QED) is 0.654. The van der Waals surface area contributed by atoms with E-state index in [9.17, 15) is 9.18 Å². The zero-order chi connectivity index (χ0) is 18.7. The van der Waals surface area contributed by atoms with Crippen molar-refractivity contribution in [1.82, 2.24) is 10.3 Å². The van der Waals surface area contributed by atoms with Gasteiger partial charge in [-0.1, -0.05) is 31.5 Å². The van der Waals surface area contributed by atoms with Crippen LogP contribution in [0.2, 0.25) is 0 Å². The number of hydrogen-bond donors (Lipinski definition) is 2. The molecule has 0 aliphatic rings. The number of halogens is 1. The fourth-order valence-electron chi connectivity index (χ4n) is 3.47. The molecule has 0 unspecified atom stereocenters. The maximum atomic E-state index is 14.0. The Morgan fingerprint density at radius 3 is 2.50 bits per heavy atom. The summed E-state index contributed by atoms with van der Waals surface area (Å²) in [7, 11) is 0. The lowest BCUT2D eigenvalue weighted by molar-refractivity contribution is 0.0954. The average molecular weight is 352 g/mol. The summed E-state index contributed by atoms with van der Waals surface area (Å²) < 4.78 is 14.0. The number of nitrogens with one attached hydrogen (secondary N) is 2. The van der Waals surface area contributed by atoms with Crippen LogP contribution in [0.3, 0.4) is 0 Å². The summed E-state index contributed by atoms with van der Waals surface area (Å²) in [5, 5.41) is 3.90. The molecule has 3 nitrogen and oxygen atoms in total. The first kappa shape index (κ1) is 18.2. The highest BCUT2D eigenvalue weighted by molar-refractivity contribution is 5.94. The number of benzene rings is 2. The highest BCUT2D eigenvalue weighted by Crippen LogP contribution is 2.27. The minimum Gasteiger partial charge on any atom is -0.356 e. The van der Waals surface area contributed by atoms with Crippen molar-refractivity contribution in [3.63, 3.8) is 0 Å². The van der Waals surface area contributed by atoms with Crippen LogP contribution >= 0.6 is 0 Å². The Morgan fingerprint density at radius 1 is 1.08 bits per heavy atom. The predicted octanol–water partition coefficient (Wildman–Crippen LogP) is 4.85. The second kappa shape index (κ2) is 7.73. The molecule has 0 spiro atoms. The van der Waals surface area contributed by atoms with Crippen LogP contribution in [0.4, 0.5) is 4.39 Å². The Hall–Kier alpha value is -2.62. The number of aryl methyl sites for hydroxylation is 3. The van der Waals surface area contributed by atoms with Gasteiger partial charge in [0.2, 0.25) is 0 Å². The van der Waals surface area contributed by atoms with Crippen LogP contribution in [-0.2, 0) is 12.8 Å². The molecule has 0 radical (unpaired) electrons. The van der Waals surface area contributed by atoms with Crippen molar-refractivity contribution >= 4 is 16.8 Å². The first-order chi connectivity index (χ1) is 12.5. The van der Waals surface area contributed by atoms with Gasteiger partial charge < -0.3 is 10.3 Å². The third-order valence-corrected chi connectivity index (χ3v) is 4.85. The molecule has 0 saturated heterocycles. The molecule has 2 aromatic carbocycles. The maximum Gasteiger partial charge on any atom is 0.251 e. The smallest absolute Gasteiger partial charge is 0.251 e. The van der Waals surface area contributed by atoms with Gasteiger partial charge in [0.05, 0.1) is 5.52 Å². The van der Waals surface area contributed by atoms with Crippen molar-refractivity contribution in [3.05, 3.63) is 70.2 Å². The fourth-order valence-corrected chi connectivity index (χ4v) is 3.47. The zero-order valence-electron chi connectivity index (χ0n) is 15.6. The van der Waals surface area contributed by atoms with Crippen molar-refractivity contribution in [3.8, 4) is 0 Å². The minimum absolute atomic E-state index is 0.0755. The molecule has 136 valence electrons. The summed E-state index contributed by atoms with van der Waals surface area (Å²) in [6.07, 6.45) is 2.78. The van der Waals surface area contributed by atoms with E-state index < -0.39 is 0 Å². The molecule has 3 rings (SSSR count). The Balaban J connectivity index is 1.68. The third kappa shape index (κ3) is 3.64. The van der Waals surface area contributed by atoms with Gasteiger partial charge in [0, 0.05) is 23.2 Å². The van der Waals surface area contributed by atoms with Crippen molar-refractivity contribution in [2.75, 3.05) is 6.54 Å². The molecule has 1 aromatic heterocycles. The second-order valence-corrected chi connectivity index (χ2v) is 6.80. The Kier molecular flexibility index (Phi) is 5.40. The first-order valence-corrected chi connectivity index (χ1v) is 9.14. The first-order valence-electron chi connectivity index (χ1n) is 9.14. The summed E-state index contributed by atoms with van der Waals surface area (Å²) in [6, 6.07) is 11.0. The highest BCUT2D eigenvalue weighted by Gasteiger charge is 2.14. The molecule has 0 aliphatic heterocycles. The number of carbonyl (C=O) groups is 1.